The summed E-state index contributed by atoms with van der Waals surface area (Å²) in [6.07, 6.45) is 8.45. The number of nitrogens with zero attached hydrogens (tertiary/aromatic N) is 3. The van der Waals surface area contributed by atoms with Crippen molar-refractivity contribution in [2.24, 2.45) is 0 Å². The summed E-state index contributed by atoms with van der Waals surface area (Å²) in [7, 11) is 0. The number of aromatic amines is 1. The van der Waals surface area contributed by atoms with E-state index in [1.165, 1.54) is 32.1 Å². The number of fused-ring (bicyclic) bond motifs is 1. The van der Waals surface area contributed by atoms with Gasteiger partial charge in [-0.25, -0.2) is 4.68 Å². The second-order valence-electron chi connectivity index (χ2n) is 5.27. The van der Waals surface area contributed by atoms with Crippen LogP contribution in [-0.4, -0.2) is 20.0 Å². The van der Waals surface area contributed by atoms with E-state index in [4.69, 9.17) is 10.8 Å². The van der Waals surface area contributed by atoms with Crippen LogP contribution in [0.4, 0.5) is 5.82 Å². The molecule has 0 unspecified atom stereocenters. The third-order valence-electron chi connectivity index (χ3n) is 3.92. The van der Waals surface area contributed by atoms with E-state index in [1.807, 2.05) is 0 Å². The van der Waals surface area contributed by atoms with Crippen molar-refractivity contribution in [2.75, 3.05) is 5.73 Å². The monoisotopic (exact) mass is 247 g/mol. The Kier molecular flexibility index (Phi) is 2.97. The molecule has 0 aliphatic heterocycles. The average molecular weight is 247 g/mol. The van der Waals surface area contributed by atoms with E-state index in [0.717, 1.165) is 29.6 Å². The zero-order valence-electron chi connectivity index (χ0n) is 10.9. The maximum atomic E-state index is 5.98. The highest BCUT2D eigenvalue weighted by molar-refractivity contribution is 5.89. The van der Waals surface area contributed by atoms with Crippen molar-refractivity contribution < 1.29 is 0 Å². The van der Waals surface area contributed by atoms with Crippen molar-refractivity contribution in [3.05, 3.63) is 5.69 Å². The molecule has 2 aromatic heterocycles. The first-order valence-corrected chi connectivity index (χ1v) is 7.02. The molecule has 0 aromatic carbocycles. The molecule has 0 spiro atoms. The van der Waals surface area contributed by atoms with Gasteiger partial charge in [0.1, 0.15) is 5.82 Å². The minimum absolute atomic E-state index is 0.509. The maximum absolute atomic E-state index is 5.98. The van der Waals surface area contributed by atoms with E-state index in [2.05, 4.69) is 21.8 Å². The van der Waals surface area contributed by atoms with Gasteiger partial charge in [-0.3, -0.25) is 5.10 Å². The van der Waals surface area contributed by atoms with Gasteiger partial charge in [-0.05, 0) is 19.3 Å². The Morgan fingerprint density at radius 2 is 2.11 bits per heavy atom. The fourth-order valence-electron chi connectivity index (χ4n) is 3.02. The second-order valence-corrected chi connectivity index (χ2v) is 5.27. The number of nitrogens with one attached hydrogen (secondary N) is 1. The number of aryl methyl sites for hydroxylation is 1. The topological polar surface area (TPSA) is 72.5 Å². The van der Waals surface area contributed by atoms with Gasteiger partial charge in [0.15, 0.2) is 5.65 Å². The summed E-state index contributed by atoms with van der Waals surface area (Å²) in [6, 6.07) is 0.509. The number of aromatic nitrogens is 4. The summed E-state index contributed by atoms with van der Waals surface area (Å²) in [5.41, 5.74) is 8.03. The number of rotatable bonds is 3. The zero-order valence-corrected chi connectivity index (χ0v) is 10.9. The van der Waals surface area contributed by atoms with Gasteiger partial charge in [0.05, 0.1) is 17.1 Å². The zero-order chi connectivity index (χ0) is 12.5. The Balaban J connectivity index is 2.05. The number of hydrogen-bond donors (Lipinski definition) is 2. The summed E-state index contributed by atoms with van der Waals surface area (Å²) in [4.78, 5) is 0. The molecule has 1 aliphatic rings. The van der Waals surface area contributed by atoms with Crippen LogP contribution >= 0.6 is 0 Å². The van der Waals surface area contributed by atoms with E-state index >= 15 is 0 Å². The van der Waals surface area contributed by atoms with Gasteiger partial charge in [-0.2, -0.15) is 10.2 Å². The Hall–Kier alpha value is -1.52. The van der Waals surface area contributed by atoms with Crippen LogP contribution in [-0.2, 0) is 6.42 Å². The van der Waals surface area contributed by atoms with Crippen LogP contribution in [0.3, 0.4) is 0 Å². The summed E-state index contributed by atoms with van der Waals surface area (Å²) in [5.74, 6) is 0.663. The van der Waals surface area contributed by atoms with Gasteiger partial charge < -0.3 is 5.73 Å². The lowest BCUT2D eigenvalue weighted by atomic mass is 9.96. The van der Waals surface area contributed by atoms with Crippen molar-refractivity contribution in [3.63, 3.8) is 0 Å². The predicted molar refractivity (Wildman–Crippen MR) is 72.4 cm³/mol. The highest BCUT2D eigenvalue weighted by Crippen LogP contribution is 2.32. The molecular formula is C13H21N5. The molecule has 1 fully saturated rings. The smallest absolute Gasteiger partial charge is 0.182 e. The molecule has 0 saturated heterocycles. The largest absolute Gasteiger partial charge is 0.383 e. The molecule has 0 atom stereocenters. The predicted octanol–water partition coefficient (Wildman–Crippen LogP) is 2.80. The van der Waals surface area contributed by atoms with E-state index in [-0.39, 0.29) is 0 Å². The van der Waals surface area contributed by atoms with E-state index in [0.29, 0.717) is 11.9 Å². The van der Waals surface area contributed by atoms with Gasteiger partial charge >= 0.3 is 0 Å². The third-order valence-corrected chi connectivity index (χ3v) is 3.92. The average Bonchev–Trinajstić information content (AvgIpc) is 2.94. The SMILES string of the molecule is CCCc1nn(C2CCCCC2)c2n[nH]c(N)c12. The Labute approximate surface area is 107 Å². The first-order chi connectivity index (χ1) is 8.81. The number of nitrogen functional groups attached to an aromatic ring is 1. The molecule has 3 N–H and O–H groups in total. The minimum Gasteiger partial charge on any atom is -0.383 e. The molecule has 0 amide bonds. The normalized spacial score (nSPS) is 17.6. The number of H-pyrrole nitrogens is 1. The molecule has 2 aromatic rings. The van der Waals surface area contributed by atoms with Crippen LogP contribution in [0.25, 0.3) is 11.0 Å². The van der Waals surface area contributed by atoms with Crippen molar-refractivity contribution in [3.8, 4) is 0 Å². The number of nitrogens with two attached hydrogens (primary N) is 1. The molecule has 18 heavy (non-hydrogen) atoms. The number of hydrogen-bond acceptors (Lipinski definition) is 3. The van der Waals surface area contributed by atoms with Crippen molar-refractivity contribution in [1.29, 1.82) is 0 Å². The van der Waals surface area contributed by atoms with E-state index < -0.39 is 0 Å². The molecule has 98 valence electrons. The molecule has 5 heteroatoms. The summed E-state index contributed by atoms with van der Waals surface area (Å²) in [6.45, 7) is 2.17. The quantitative estimate of drug-likeness (QED) is 0.876. The highest BCUT2D eigenvalue weighted by atomic mass is 15.4. The Bertz CT molecular complexity index is 533. The fourth-order valence-corrected chi connectivity index (χ4v) is 3.02. The molecule has 2 heterocycles. The summed E-state index contributed by atoms with van der Waals surface area (Å²) >= 11 is 0. The van der Waals surface area contributed by atoms with Crippen LogP contribution in [0.1, 0.15) is 57.2 Å². The molecule has 0 bridgehead atoms. The molecule has 3 rings (SSSR count). The molecule has 0 radical (unpaired) electrons. The van der Waals surface area contributed by atoms with Crippen LogP contribution in [0.15, 0.2) is 0 Å². The molecule has 1 saturated carbocycles. The standard InChI is InChI=1S/C13H21N5/c1-2-6-10-11-12(14)15-16-13(11)18(17-10)9-7-4-3-5-8-9/h9H,2-8H2,1H3,(H3,14,15,16). The van der Waals surface area contributed by atoms with Crippen LogP contribution in [0.5, 0.6) is 0 Å². The first kappa shape index (κ1) is 11.6. The number of anilines is 1. The lowest BCUT2D eigenvalue weighted by Crippen LogP contribution is -2.14. The lowest BCUT2D eigenvalue weighted by molar-refractivity contribution is 0.334. The summed E-state index contributed by atoms with van der Waals surface area (Å²) in [5, 5.41) is 13.1. The highest BCUT2D eigenvalue weighted by Gasteiger charge is 2.23. The second kappa shape index (κ2) is 4.63. The van der Waals surface area contributed by atoms with Gasteiger partial charge in [0.25, 0.3) is 0 Å². The minimum atomic E-state index is 0.509. The lowest BCUT2D eigenvalue weighted by Gasteiger charge is -2.21. The van der Waals surface area contributed by atoms with Crippen LogP contribution in [0, 0.1) is 0 Å². The van der Waals surface area contributed by atoms with Gasteiger partial charge in [-0.15, -0.1) is 0 Å². The Morgan fingerprint density at radius 3 is 2.83 bits per heavy atom. The molecule has 5 nitrogen and oxygen atoms in total. The van der Waals surface area contributed by atoms with Gasteiger partial charge in [-0.1, -0.05) is 32.6 Å². The first-order valence-electron chi connectivity index (χ1n) is 7.02. The van der Waals surface area contributed by atoms with Crippen molar-refractivity contribution in [1.82, 2.24) is 20.0 Å². The van der Waals surface area contributed by atoms with Gasteiger partial charge in [0, 0.05) is 0 Å². The van der Waals surface area contributed by atoms with Crippen LogP contribution < -0.4 is 5.73 Å². The summed E-state index contributed by atoms with van der Waals surface area (Å²) < 4.78 is 2.12. The fraction of sp³-hybridized carbons (Fsp3) is 0.692. The molecular weight excluding hydrogens is 226 g/mol. The van der Waals surface area contributed by atoms with Crippen molar-refractivity contribution >= 4 is 16.9 Å². The van der Waals surface area contributed by atoms with Gasteiger partial charge in [0.2, 0.25) is 0 Å². The van der Waals surface area contributed by atoms with Crippen LogP contribution in [0.2, 0.25) is 0 Å². The Morgan fingerprint density at radius 1 is 1.33 bits per heavy atom. The maximum Gasteiger partial charge on any atom is 0.182 e. The molecule has 1 aliphatic carbocycles. The van der Waals surface area contributed by atoms with E-state index in [9.17, 15) is 0 Å². The van der Waals surface area contributed by atoms with E-state index in [1.54, 1.807) is 0 Å². The van der Waals surface area contributed by atoms with Crippen molar-refractivity contribution in [2.45, 2.75) is 57.9 Å². The third kappa shape index (κ3) is 1.78.